The van der Waals surface area contributed by atoms with E-state index in [0.717, 1.165) is 30.9 Å². The van der Waals surface area contributed by atoms with Crippen LogP contribution in [0.5, 0.6) is 0 Å². The molecule has 3 heteroatoms. The van der Waals surface area contributed by atoms with E-state index in [-0.39, 0.29) is 0 Å². The lowest BCUT2D eigenvalue weighted by atomic mass is 10.2. The molecule has 3 nitrogen and oxygen atoms in total. The van der Waals surface area contributed by atoms with E-state index in [2.05, 4.69) is 43.0 Å². The topological polar surface area (TPSA) is 29.9 Å². The van der Waals surface area contributed by atoms with Gasteiger partial charge in [0.25, 0.3) is 0 Å². The molecule has 19 heavy (non-hydrogen) atoms. The Morgan fingerprint density at radius 2 is 2.00 bits per heavy atom. The Bertz CT molecular complexity index is 541. The van der Waals surface area contributed by atoms with Gasteiger partial charge in [0.05, 0.1) is 11.4 Å². The summed E-state index contributed by atoms with van der Waals surface area (Å²) in [5, 5.41) is 8.06. The van der Waals surface area contributed by atoms with Gasteiger partial charge < -0.3 is 5.32 Å². The van der Waals surface area contributed by atoms with Gasteiger partial charge in [-0.05, 0) is 38.9 Å². The Balaban J connectivity index is 2.18. The average molecular weight is 255 g/mol. The first kappa shape index (κ1) is 13.6. The predicted molar refractivity (Wildman–Crippen MR) is 79.6 cm³/mol. The van der Waals surface area contributed by atoms with Crippen molar-refractivity contribution in [1.29, 1.82) is 0 Å². The predicted octanol–water partition coefficient (Wildman–Crippen LogP) is 3.15. The van der Waals surface area contributed by atoms with Crippen LogP contribution in [0.4, 0.5) is 0 Å². The molecule has 0 aliphatic carbocycles. The first-order chi connectivity index (χ1) is 9.24. The van der Waals surface area contributed by atoms with Crippen LogP contribution in [0.2, 0.25) is 0 Å². The van der Waals surface area contributed by atoms with Crippen molar-refractivity contribution in [3.63, 3.8) is 0 Å². The van der Waals surface area contributed by atoms with Gasteiger partial charge in [-0.2, -0.15) is 5.10 Å². The van der Waals surface area contributed by atoms with Gasteiger partial charge in [0.15, 0.2) is 0 Å². The van der Waals surface area contributed by atoms with Crippen LogP contribution in [0, 0.1) is 13.8 Å². The fourth-order valence-electron chi connectivity index (χ4n) is 2.17. The molecule has 0 aliphatic rings. The average Bonchev–Trinajstić information content (AvgIpc) is 2.72. The standard InChI is InChI=1S/C16H21N3/c1-4-5-11-17-12-16-13(2)18-19(14(16)3)15-9-7-6-8-10-15/h4,6-10,17H,1,5,11-12H2,2-3H3. The van der Waals surface area contributed by atoms with Gasteiger partial charge in [-0.15, -0.1) is 6.58 Å². The fourth-order valence-corrected chi connectivity index (χ4v) is 2.17. The zero-order valence-electron chi connectivity index (χ0n) is 11.7. The minimum absolute atomic E-state index is 0.859. The van der Waals surface area contributed by atoms with E-state index in [9.17, 15) is 0 Å². The van der Waals surface area contributed by atoms with Gasteiger partial charge in [0, 0.05) is 17.8 Å². The van der Waals surface area contributed by atoms with E-state index in [1.807, 2.05) is 29.0 Å². The van der Waals surface area contributed by atoms with Gasteiger partial charge >= 0.3 is 0 Å². The lowest BCUT2D eigenvalue weighted by molar-refractivity contribution is 0.690. The highest BCUT2D eigenvalue weighted by Gasteiger charge is 2.11. The first-order valence-electron chi connectivity index (χ1n) is 6.66. The molecule has 0 fully saturated rings. The highest BCUT2D eigenvalue weighted by molar-refractivity contribution is 5.36. The Labute approximate surface area is 115 Å². The largest absolute Gasteiger partial charge is 0.312 e. The maximum absolute atomic E-state index is 4.64. The molecule has 0 amide bonds. The minimum atomic E-state index is 0.859. The molecule has 0 bridgehead atoms. The van der Waals surface area contributed by atoms with E-state index in [4.69, 9.17) is 0 Å². The van der Waals surface area contributed by atoms with Crippen molar-refractivity contribution in [2.24, 2.45) is 0 Å². The molecular weight excluding hydrogens is 234 g/mol. The Hall–Kier alpha value is -1.87. The molecule has 100 valence electrons. The molecule has 0 radical (unpaired) electrons. The Morgan fingerprint density at radius 3 is 2.68 bits per heavy atom. The Kier molecular flexibility index (Phi) is 4.53. The lowest BCUT2D eigenvalue weighted by Gasteiger charge is -2.06. The molecule has 2 aromatic rings. The van der Waals surface area contributed by atoms with Crippen LogP contribution in [0.15, 0.2) is 43.0 Å². The van der Waals surface area contributed by atoms with Gasteiger partial charge in [-0.3, -0.25) is 0 Å². The molecule has 0 unspecified atom stereocenters. The molecule has 1 aromatic heterocycles. The second-order valence-electron chi connectivity index (χ2n) is 4.65. The number of rotatable bonds is 6. The van der Waals surface area contributed by atoms with Crippen LogP contribution >= 0.6 is 0 Å². The molecule has 1 N–H and O–H groups in total. The molecular formula is C16H21N3. The summed E-state index contributed by atoms with van der Waals surface area (Å²) < 4.78 is 2.01. The van der Waals surface area contributed by atoms with E-state index in [0.29, 0.717) is 0 Å². The van der Waals surface area contributed by atoms with Gasteiger partial charge in [-0.25, -0.2) is 4.68 Å². The number of para-hydroxylation sites is 1. The van der Waals surface area contributed by atoms with Crippen molar-refractivity contribution in [2.75, 3.05) is 6.54 Å². The van der Waals surface area contributed by atoms with E-state index < -0.39 is 0 Å². The maximum atomic E-state index is 4.64. The summed E-state index contributed by atoms with van der Waals surface area (Å²) in [5.41, 5.74) is 4.69. The smallest absolute Gasteiger partial charge is 0.0648 e. The third-order valence-electron chi connectivity index (χ3n) is 3.27. The second-order valence-corrected chi connectivity index (χ2v) is 4.65. The van der Waals surface area contributed by atoms with Gasteiger partial charge in [0.2, 0.25) is 0 Å². The number of aromatic nitrogens is 2. The van der Waals surface area contributed by atoms with Crippen LogP contribution in [-0.2, 0) is 6.54 Å². The summed E-state index contributed by atoms with van der Waals surface area (Å²) in [7, 11) is 0. The molecule has 1 aromatic carbocycles. The number of hydrogen-bond donors (Lipinski definition) is 1. The molecule has 0 saturated heterocycles. The minimum Gasteiger partial charge on any atom is -0.312 e. The van der Waals surface area contributed by atoms with Gasteiger partial charge in [0.1, 0.15) is 0 Å². The second kappa shape index (κ2) is 6.34. The zero-order chi connectivity index (χ0) is 13.7. The third kappa shape index (κ3) is 3.12. The summed E-state index contributed by atoms with van der Waals surface area (Å²) >= 11 is 0. The van der Waals surface area contributed by atoms with Crippen LogP contribution in [-0.4, -0.2) is 16.3 Å². The molecule has 0 atom stereocenters. The van der Waals surface area contributed by atoms with E-state index >= 15 is 0 Å². The van der Waals surface area contributed by atoms with E-state index in [1.54, 1.807) is 0 Å². The summed E-state index contributed by atoms with van der Waals surface area (Å²) in [6.45, 7) is 9.73. The van der Waals surface area contributed by atoms with Crippen LogP contribution < -0.4 is 5.32 Å². The Morgan fingerprint density at radius 1 is 1.26 bits per heavy atom. The monoisotopic (exact) mass is 255 g/mol. The molecule has 1 heterocycles. The molecule has 2 rings (SSSR count). The fraction of sp³-hybridized carbons (Fsp3) is 0.312. The summed E-state index contributed by atoms with van der Waals surface area (Å²) in [6, 6.07) is 10.2. The number of nitrogens with one attached hydrogen (secondary N) is 1. The highest BCUT2D eigenvalue weighted by atomic mass is 15.3. The summed E-state index contributed by atoms with van der Waals surface area (Å²) in [6.07, 6.45) is 2.92. The molecule has 0 saturated carbocycles. The summed E-state index contributed by atoms with van der Waals surface area (Å²) in [5.74, 6) is 0. The SMILES string of the molecule is C=CCCNCc1c(C)nn(-c2ccccc2)c1C. The van der Waals surface area contributed by atoms with Crippen LogP contribution in [0.3, 0.4) is 0 Å². The van der Waals surface area contributed by atoms with Crippen molar-refractivity contribution < 1.29 is 0 Å². The number of hydrogen-bond acceptors (Lipinski definition) is 2. The zero-order valence-corrected chi connectivity index (χ0v) is 11.7. The van der Waals surface area contributed by atoms with Crippen LogP contribution in [0.25, 0.3) is 5.69 Å². The number of benzene rings is 1. The normalized spacial score (nSPS) is 10.6. The van der Waals surface area contributed by atoms with Crippen molar-refractivity contribution in [1.82, 2.24) is 15.1 Å². The van der Waals surface area contributed by atoms with Crippen molar-refractivity contribution in [2.45, 2.75) is 26.8 Å². The van der Waals surface area contributed by atoms with Crippen molar-refractivity contribution in [3.8, 4) is 5.69 Å². The highest BCUT2D eigenvalue weighted by Crippen LogP contribution is 2.17. The first-order valence-corrected chi connectivity index (χ1v) is 6.66. The van der Waals surface area contributed by atoms with Crippen LogP contribution in [0.1, 0.15) is 23.4 Å². The third-order valence-corrected chi connectivity index (χ3v) is 3.27. The number of nitrogens with zero attached hydrogens (tertiary/aromatic N) is 2. The van der Waals surface area contributed by atoms with Crippen molar-refractivity contribution in [3.05, 3.63) is 59.9 Å². The van der Waals surface area contributed by atoms with E-state index in [1.165, 1.54) is 11.3 Å². The quantitative estimate of drug-likeness (QED) is 0.635. The molecule has 0 spiro atoms. The summed E-state index contributed by atoms with van der Waals surface area (Å²) in [4.78, 5) is 0. The molecule has 0 aliphatic heterocycles. The van der Waals surface area contributed by atoms with Crippen molar-refractivity contribution >= 4 is 0 Å². The van der Waals surface area contributed by atoms with Gasteiger partial charge in [-0.1, -0.05) is 24.3 Å². The lowest BCUT2D eigenvalue weighted by Crippen LogP contribution is -2.15. The maximum Gasteiger partial charge on any atom is 0.0648 e. The number of aryl methyl sites for hydroxylation is 1.